The highest BCUT2D eigenvalue weighted by atomic mass is 32.2. The Bertz CT molecular complexity index is 997. The minimum atomic E-state index is -1.00. The van der Waals surface area contributed by atoms with Crippen LogP contribution in [0.1, 0.15) is 59.1 Å². The number of rotatable bonds is 13. The molecule has 0 fully saturated rings. The third kappa shape index (κ3) is 11.0. The molecule has 0 bridgehead atoms. The molecule has 0 saturated carbocycles. The van der Waals surface area contributed by atoms with Gasteiger partial charge in [-0.15, -0.1) is 11.8 Å². The van der Waals surface area contributed by atoms with Crippen LogP contribution in [0.3, 0.4) is 0 Å². The fourth-order valence-corrected chi connectivity index (χ4v) is 4.24. The Hall–Kier alpha value is -3.27. The quantitative estimate of drug-likeness (QED) is 0.124. The minimum absolute atomic E-state index is 0.157. The van der Waals surface area contributed by atoms with Crippen molar-refractivity contribution in [2.45, 2.75) is 68.9 Å². The van der Waals surface area contributed by atoms with Crippen LogP contribution in [0.2, 0.25) is 0 Å². The topological polar surface area (TPSA) is 125 Å². The lowest BCUT2D eigenvalue weighted by Gasteiger charge is -2.28. The van der Waals surface area contributed by atoms with Crippen LogP contribution in [0.25, 0.3) is 0 Å². The molecule has 210 valence electrons. The van der Waals surface area contributed by atoms with E-state index < -0.39 is 40.0 Å². The van der Waals surface area contributed by atoms with Crippen LogP contribution in [0, 0.1) is 0 Å². The summed E-state index contributed by atoms with van der Waals surface area (Å²) in [6.07, 6.45) is 1.65. The predicted octanol–water partition coefficient (Wildman–Crippen LogP) is 4.38. The summed E-state index contributed by atoms with van der Waals surface area (Å²) in [6.45, 7) is 17.7. The second kappa shape index (κ2) is 14.6. The summed E-state index contributed by atoms with van der Waals surface area (Å²) in [4.78, 5) is 48.5. The molecule has 0 aliphatic heterocycles. The van der Waals surface area contributed by atoms with E-state index in [9.17, 15) is 24.3 Å². The van der Waals surface area contributed by atoms with Gasteiger partial charge in [0.1, 0.15) is 37.4 Å². The molecule has 0 heterocycles. The van der Waals surface area contributed by atoms with Crippen molar-refractivity contribution in [1.29, 1.82) is 0 Å². The Kier molecular flexibility index (Phi) is 12.6. The summed E-state index contributed by atoms with van der Waals surface area (Å²) in [7, 11) is 0. The van der Waals surface area contributed by atoms with Crippen LogP contribution >= 0.6 is 11.8 Å². The van der Waals surface area contributed by atoms with Crippen molar-refractivity contribution < 1.29 is 43.2 Å². The van der Waals surface area contributed by atoms with Gasteiger partial charge >= 0.3 is 23.9 Å². The number of hydrogen-bond acceptors (Lipinski definition) is 10. The molecule has 10 heteroatoms. The third-order valence-electron chi connectivity index (χ3n) is 5.09. The monoisotopic (exact) mass is 550 g/mol. The molecule has 9 nitrogen and oxygen atoms in total. The van der Waals surface area contributed by atoms with E-state index in [1.54, 1.807) is 12.1 Å². The van der Waals surface area contributed by atoms with Gasteiger partial charge in [-0.25, -0.2) is 9.59 Å². The average molecular weight is 551 g/mol. The molecule has 1 unspecified atom stereocenters. The van der Waals surface area contributed by atoms with E-state index in [0.717, 1.165) is 23.9 Å². The number of phenolic OH excluding ortho intramolecular Hbond substituents is 1. The van der Waals surface area contributed by atoms with Gasteiger partial charge in [-0.2, -0.15) is 0 Å². The van der Waals surface area contributed by atoms with E-state index in [1.807, 2.05) is 41.5 Å². The predicted molar refractivity (Wildman–Crippen MR) is 144 cm³/mol. The van der Waals surface area contributed by atoms with Crippen LogP contribution in [0.15, 0.2) is 42.3 Å². The molecular weight excluding hydrogens is 512 g/mol. The number of carbonyl (C=O) groups is 4. The highest BCUT2D eigenvalue weighted by Crippen LogP contribution is 2.42. The maximum absolute atomic E-state index is 12.9. The highest BCUT2D eigenvalue weighted by Gasteiger charge is 2.30. The Morgan fingerprint density at radius 1 is 0.816 bits per heavy atom. The SMILES string of the molecule is C=CC(=O)OCCOC(=O)CC(Sc1cc(C(C)(C)C)c(O)c(C(C)(C)C)c1)C(=O)OCCOC(=O)C=C. The number of aromatic hydroxyl groups is 1. The summed E-state index contributed by atoms with van der Waals surface area (Å²) in [5.74, 6) is -2.51. The number of benzene rings is 1. The molecule has 1 rings (SSSR count). The lowest BCUT2D eigenvalue weighted by molar-refractivity contribution is -0.153. The number of hydrogen-bond donors (Lipinski definition) is 1. The molecule has 0 aliphatic carbocycles. The standard InChI is InChI=1S/C28H38O9S/c1-9-22(29)34-11-12-36-24(31)17-21(26(33)37-14-13-35-23(30)10-2)38-18-15-19(27(3,4)5)25(32)20(16-18)28(6,7)8/h9-10,15-16,21,32H,1-2,11-14,17H2,3-8H3. The summed E-state index contributed by atoms with van der Waals surface area (Å²) in [6, 6.07) is 3.59. The van der Waals surface area contributed by atoms with Gasteiger partial charge < -0.3 is 24.1 Å². The van der Waals surface area contributed by atoms with Gasteiger partial charge in [0.25, 0.3) is 0 Å². The van der Waals surface area contributed by atoms with Crippen LogP contribution in [0.5, 0.6) is 5.75 Å². The van der Waals surface area contributed by atoms with Crippen LogP contribution in [0.4, 0.5) is 0 Å². The molecule has 1 aromatic carbocycles. The Labute approximate surface area is 228 Å². The van der Waals surface area contributed by atoms with Gasteiger partial charge in [-0.1, -0.05) is 54.7 Å². The number of carbonyl (C=O) groups excluding carboxylic acids is 4. The molecule has 0 radical (unpaired) electrons. The summed E-state index contributed by atoms with van der Waals surface area (Å²) >= 11 is 1.10. The number of esters is 4. The van der Waals surface area contributed by atoms with Gasteiger partial charge in [-0.05, 0) is 23.0 Å². The maximum atomic E-state index is 12.9. The van der Waals surface area contributed by atoms with Gasteiger partial charge in [0.15, 0.2) is 0 Å². The first-order chi connectivity index (χ1) is 17.6. The second-order valence-corrected chi connectivity index (χ2v) is 11.6. The first-order valence-electron chi connectivity index (χ1n) is 12.1. The largest absolute Gasteiger partial charge is 0.507 e. The van der Waals surface area contributed by atoms with Crippen molar-refractivity contribution in [3.8, 4) is 5.75 Å². The van der Waals surface area contributed by atoms with Crippen LogP contribution < -0.4 is 0 Å². The second-order valence-electron chi connectivity index (χ2n) is 10.3. The summed E-state index contributed by atoms with van der Waals surface area (Å²) < 4.78 is 20.0. The smallest absolute Gasteiger partial charge is 0.330 e. The van der Waals surface area contributed by atoms with E-state index in [4.69, 9.17) is 18.9 Å². The van der Waals surface area contributed by atoms with Gasteiger partial charge in [0.05, 0.1) is 6.42 Å². The van der Waals surface area contributed by atoms with Gasteiger partial charge in [0, 0.05) is 28.2 Å². The van der Waals surface area contributed by atoms with Crippen molar-refractivity contribution in [2.75, 3.05) is 26.4 Å². The molecule has 0 saturated heterocycles. The summed E-state index contributed by atoms with van der Waals surface area (Å²) in [5, 5.41) is 9.99. The molecule has 1 aromatic rings. The molecule has 0 aliphatic rings. The zero-order valence-corrected chi connectivity index (χ0v) is 23.8. The lowest BCUT2D eigenvalue weighted by atomic mass is 9.79. The van der Waals surface area contributed by atoms with Gasteiger partial charge in [0.2, 0.25) is 0 Å². The van der Waals surface area contributed by atoms with Crippen LogP contribution in [-0.4, -0.2) is 60.7 Å². The first kappa shape index (κ1) is 32.8. The van der Waals surface area contributed by atoms with E-state index in [1.165, 1.54) is 0 Å². The molecule has 0 aromatic heterocycles. The third-order valence-corrected chi connectivity index (χ3v) is 6.24. The molecule has 0 spiro atoms. The molecule has 38 heavy (non-hydrogen) atoms. The number of thioether (sulfide) groups is 1. The number of phenols is 1. The van der Waals surface area contributed by atoms with E-state index in [0.29, 0.717) is 16.0 Å². The zero-order chi connectivity index (χ0) is 29.1. The van der Waals surface area contributed by atoms with Gasteiger partial charge in [-0.3, -0.25) is 9.59 Å². The maximum Gasteiger partial charge on any atom is 0.330 e. The zero-order valence-electron chi connectivity index (χ0n) is 23.0. The van der Waals surface area contributed by atoms with Crippen molar-refractivity contribution in [3.63, 3.8) is 0 Å². The van der Waals surface area contributed by atoms with E-state index in [2.05, 4.69) is 13.2 Å². The van der Waals surface area contributed by atoms with Crippen molar-refractivity contribution >= 4 is 35.6 Å². The Morgan fingerprint density at radius 2 is 1.24 bits per heavy atom. The fraction of sp³-hybridized carbons (Fsp3) is 0.500. The van der Waals surface area contributed by atoms with Crippen LogP contribution in [-0.2, 0) is 49.0 Å². The Morgan fingerprint density at radius 3 is 1.66 bits per heavy atom. The Balaban J connectivity index is 3.16. The van der Waals surface area contributed by atoms with Crippen molar-refractivity contribution in [1.82, 2.24) is 0 Å². The molecule has 1 atom stereocenters. The molecular formula is C28H38O9S. The first-order valence-corrected chi connectivity index (χ1v) is 12.9. The van der Waals surface area contributed by atoms with E-state index >= 15 is 0 Å². The normalized spacial score (nSPS) is 12.2. The number of ether oxygens (including phenoxy) is 4. The van der Waals surface area contributed by atoms with Crippen molar-refractivity contribution in [3.05, 3.63) is 48.6 Å². The fourth-order valence-electron chi connectivity index (χ4n) is 3.16. The van der Waals surface area contributed by atoms with E-state index in [-0.39, 0.29) is 38.6 Å². The summed E-state index contributed by atoms with van der Waals surface area (Å²) in [5.41, 5.74) is 0.603. The molecule has 1 N–H and O–H groups in total. The van der Waals surface area contributed by atoms with Crippen molar-refractivity contribution in [2.24, 2.45) is 0 Å². The highest BCUT2D eigenvalue weighted by molar-refractivity contribution is 8.00. The minimum Gasteiger partial charge on any atom is -0.507 e. The molecule has 0 amide bonds. The average Bonchev–Trinajstić information content (AvgIpc) is 2.82. The lowest BCUT2D eigenvalue weighted by Crippen LogP contribution is -2.27.